The van der Waals surface area contributed by atoms with Crippen molar-refractivity contribution in [2.24, 2.45) is 0 Å². The predicted octanol–water partition coefficient (Wildman–Crippen LogP) is -1.49. The van der Waals surface area contributed by atoms with Crippen LogP contribution in [0.2, 0.25) is 0 Å². The maximum atomic E-state index is 11.5. The summed E-state index contributed by atoms with van der Waals surface area (Å²) in [5, 5.41) is -0.200. The van der Waals surface area contributed by atoms with Crippen LogP contribution in [0, 0.1) is 0 Å². The first-order valence-electron chi connectivity index (χ1n) is 5.12. The molecular weight excluding hydrogens is 315 g/mol. The second-order valence-corrected chi connectivity index (χ2v) is 7.21. The van der Waals surface area contributed by atoms with Gasteiger partial charge in [-0.1, -0.05) is 36.4 Å². The molecule has 0 unspecified atom stereocenters. The fraction of sp³-hybridized carbons (Fsp3) is 0.0909. The predicted molar refractivity (Wildman–Crippen MR) is 71.0 cm³/mol. The van der Waals surface area contributed by atoms with Crippen molar-refractivity contribution in [1.82, 2.24) is 0 Å². The molecular formula is C11H11NaO6S2. The Balaban J connectivity index is 0.00000200. The van der Waals surface area contributed by atoms with E-state index < -0.39 is 25.3 Å². The zero-order valence-corrected chi connectivity index (χ0v) is 14.2. The standard InChI is InChI=1S/C11H10O6S2.Na.H/c12-18(13,14)8-19(15,16)17-11-7-3-5-9-4-1-2-6-10(9)11;;/h1-7H,8H2,(H,12,13,14);;/q;+1;-1. The molecule has 0 amide bonds. The molecule has 0 atom stereocenters. The molecule has 0 bridgehead atoms. The molecule has 20 heavy (non-hydrogen) atoms. The first kappa shape index (κ1) is 17.4. The van der Waals surface area contributed by atoms with Crippen molar-refractivity contribution in [3.8, 4) is 5.75 Å². The van der Waals surface area contributed by atoms with Gasteiger partial charge in [0, 0.05) is 5.39 Å². The SMILES string of the molecule is O=S(=O)(O)CS(=O)(=O)Oc1cccc2ccccc12.[H-].[Na+]. The molecule has 0 saturated heterocycles. The molecule has 6 nitrogen and oxygen atoms in total. The molecule has 9 heteroatoms. The Morgan fingerprint density at radius 3 is 2.25 bits per heavy atom. The summed E-state index contributed by atoms with van der Waals surface area (Å²) < 4.78 is 57.5. The van der Waals surface area contributed by atoms with E-state index in [1.54, 1.807) is 36.4 Å². The molecule has 0 saturated carbocycles. The van der Waals surface area contributed by atoms with Crippen molar-refractivity contribution >= 4 is 31.0 Å². The third kappa shape index (κ3) is 4.72. The molecule has 0 heterocycles. The molecule has 2 aromatic rings. The number of rotatable bonds is 4. The number of benzene rings is 2. The fourth-order valence-electron chi connectivity index (χ4n) is 1.61. The van der Waals surface area contributed by atoms with Crippen molar-refractivity contribution in [2.75, 3.05) is 5.08 Å². The Morgan fingerprint density at radius 2 is 1.60 bits per heavy atom. The minimum absolute atomic E-state index is 0. The molecule has 0 aliphatic carbocycles. The van der Waals surface area contributed by atoms with E-state index in [-0.39, 0.29) is 36.7 Å². The summed E-state index contributed by atoms with van der Waals surface area (Å²) >= 11 is 0. The van der Waals surface area contributed by atoms with Crippen molar-refractivity contribution in [1.29, 1.82) is 0 Å². The van der Waals surface area contributed by atoms with E-state index in [0.717, 1.165) is 5.39 Å². The van der Waals surface area contributed by atoms with E-state index in [9.17, 15) is 16.8 Å². The van der Waals surface area contributed by atoms with Crippen LogP contribution >= 0.6 is 0 Å². The average molecular weight is 326 g/mol. The molecule has 0 fully saturated rings. The zero-order chi connectivity index (χ0) is 14.1. The van der Waals surface area contributed by atoms with Crippen molar-refractivity contribution in [3.63, 3.8) is 0 Å². The molecule has 0 spiro atoms. The van der Waals surface area contributed by atoms with E-state index in [0.29, 0.717) is 5.39 Å². The normalized spacial score (nSPS) is 11.8. The van der Waals surface area contributed by atoms with E-state index >= 15 is 0 Å². The molecule has 0 aliphatic heterocycles. The zero-order valence-electron chi connectivity index (χ0n) is 11.6. The molecule has 0 radical (unpaired) electrons. The summed E-state index contributed by atoms with van der Waals surface area (Å²) in [6.07, 6.45) is 0. The van der Waals surface area contributed by atoms with Gasteiger partial charge >= 0.3 is 39.7 Å². The van der Waals surface area contributed by atoms with Gasteiger partial charge in [0.15, 0.2) is 0 Å². The fourth-order valence-corrected chi connectivity index (χ4v) is 3.68. The largest absolute Gasteiger partial charge is 1.00 e. The summed E-state index contributed by atoms with van der Waals surface area (Å²) in [7, 11) is -9.09. The topological polar surface area (TPSA) is 97.7 Å². The van der Waals surface area contributed by atoms with E-state index in [2.05, 4.69) is 0 Å². The molecule has 2 rings (SSSR count). The van der Waals surface area contributed by atoms with Gasteiger partial charge in [0.05, 0.1) is 0 Å². The van der Waals surface area contributed by atoms with Gasteiger partial charge in [-0.05, 0) is 11.5 Å². The Kier molecular flexibility index (Phi) is 5.59. The smallest absolute Gasteiger partial charge is 1.00 e. The Morgan fingerprint density at radius 1 is 1.00 bits per heavy atom. The molecule has 104 valence electrons. The number of hydrogen-bond donors (Lipinski definition) is 1. The maximum Gasteiger partial charge on any atom is 1.00 e. The van der Waals surface area contributed by atoms with Crippen LogP contribution in [-0.2, 0) is 20.2 Å². The number of fused-ring (bicyclic) bond motifs is 1. The van der Waals surface area contributed by atoms with Crippen LogP contribution < -0.4 is 33.7 Å². The summed E-state index contributed by atoms with van der Waals surface area (Å²) in [5.74, 6) is 0.0155. The molecule has 2 aromatic carbocycles. The van der Waals surface area contributed by atoms with Crippen molar-refractivity contribution in [3.05, 3.63) is 42.5 Å². The van der Waals surface area contributed by atoms with Gasteiger partial charge in [-0.2, -0.15) is 16.8 Å². The average Bonchev–Trinajstić information content (AvgIpc) is 2.25. The van der Waals surface area contributed by atoms with Crippen molar-refractivity contribution < 1.29 is 56.6 Å². The van der Waals surface area contributed by atoms with Crippen LogP contribution in [-0.4, -0.2) is 26.5 Å². The molecule has 1 N–H and O–H groups in total. The summed E-state index contributed by atoms with van der Waals surface area (Å²) in [4.78, 5) is 0. The first-order chi connectivity index (χ1) is 8.77. The molecule has 0 aromatic heterocycles. The van der Waals surface area contributed by atoms with Gasteiger partial charge in [0.25, 0.3) is 10.1 Å². The van der Waals surface area contributed by atoms with E-state index in [1.165, 1.54) is 6.07 Å². The van der Waals surface area contributed by atoms with Crippen LogP contribution in [0.3, 0.4) is 0 Å². The summed E-state index contributed by atoms with van der Waals surface area (Å²) in [5.41, 5.74) is 0. The van der Waals surface area contributed by atoms with E-state index in [4.69, 9.17) is 8.74 Å². The third-order valence-corrected chi connectivity index (χ3v) is 5.04. The van der Waals surface area contributed by atoms with Crippen LogP contribution in [0.15, 0.2) is 42.5 Å². The van der Waals surface area contributed by atoms with Gasteiger partial charge in [-0.15, -0.1) is 0 Å². The van der Waals surface area contributed by atoms with Gasteiger partial charge < -0.3 is 5.61 Å². The quantitative estimate of drug-likeness (QED) is 0.418. The van der Waals surface area contributed by atoms with E-state index in [1.807, 2.05) is 0 Å². The minimum atomic E-state index is -4.67. The van der Waals surface area contributed by atoms with Crippen LogP contribution in [0.1, 0.15) is 1.43 Å². The van der Waals surface area contributed by atoms with Gasteiger partial charge in [0.2, 0.25) is 5.08 Å². The van der Waals surface area contributed by atoms with Gasteiger partial charge in [-0.3, -0.25) is 4.55 Å². The van der Waals surface area contributed by atoms with Crippen LogP contribution in [0.4, 0.5) is 0 Å². The monoisotopic (exact) mass is 326 g/mol. The first-order valence-corrected chi connectivity index (χ1v) is 8.31. The Hall–Kier alpha value is -0.640. The van der Waals surface area contributed by atoms with Crippen molar-refractivity contribution in [2.45, 2.75) is 0 Å². The summed E-state index contributed by atoms with van der Waals surface area (Å²) in [6, 6.07) is 11.6. The summed E-state index contributed by atoms with van der Waals surface area (Å²) in [6.45, 7) is 0. The van der Waals surface area contributed by atoms with Crippen LogP contribution in [0.25, 0.3) is 10.8 Å². The minimum Gasteiger partial charge on any atom is -1.00 e. The third-order valence-electron chi connectivity index (χ3n) is 2.26. The van der Waals surface area contributed by atoms with Crippen LogP contribution in [0.5, 0.6) is 5.75 Å². The number of hydrogen-bond acceptors (Lipinski definition) is 5. The second kappa shape index (κ2) is 6.42. The second-order valence-electron chi connectivity index (χ2n) is 3.82. The Bertz CT molecular complexity index is 814. The maximum absolute atomic E-state index is 11.5. The molecule has 0 aliphatic rings. The van der Waals surface area contributed by atoms with Gasteiger partial charge in [-0.25, -0.2) is 0 Å². The Labute approximate surface area is 140 Å². The van der Waals surface area contributed by atoms with Gasteiger partial charge in [0.1, 0.15) is 5.75 Å².